The molecule has 98 valence electrons. The highest BCUT2D eigenvalue weighted by atomic mass is 16.2. The van der Waals surface area contributed by atoms with E-state index >= 15 is 0 Å². The van der Waals surface area contributed by atoms with Crippen LogP contribution in [-0.4, -0.2) is 47.2 Å². The maximum Gasteiger partial charge on any atom is 0.257 e. The number of carbonyl (C=O) groups is 1. The van der Waals surface area contributed by atoms with Crippen molar-refractivity contribution < 1.29 is 4.79 Å². The van der Waals surface area contributed by atoms with Crippen LogP contribution in [0.5, 0.6) is 0 Å². The molecule has 0 aliphatic carbocycles. The maximum atomic E-state index is 12.4. The van der Waals surface area contributed by atoms with Gasteiger partial charge in [-0.3, -0.25) is 9.89 Å². The van der Waals surface area contributed by atoms with Crippen molar-refractivity contribution in [2.24, 2.45) is 0 Å². The fourth-order valence-corrected chi connectivity index (χ4v) is 2.97. The SMILES string of the molecule is O=C(c1cn[nH]c1[C@H]1CCCNC1)N1CCCC1. The van der Waals surface area contributed by atoms with E-state index in [4.69, 9.17) is 0 Å². The Balaban J connectivity index is 1.79. The Hall–Kier alpha value is -1.36. The quantitative estimate of drug-likeness (QED) is 0.824. The summed E-state index contributed by atoms with van der Waals surface area (Å²) in [7, 11) is 0. The predicted octanol–water partition coefficient (Wildman–Crippen LogP) is 1.11. The fourth-order valence-electron chi connectivity index (χ4n) is 2.97. The average Bonchev–Trinajstić information content (AvgIpc) is 3.10. The molecule has 3 heterocycles. The van der Waals surface area contributed by atoms with Crippen LogP contribution in [0.2, 0.25) is 0 Å². The summed E-state index contributed by atoms with van der Waals surface area (Å²) in [6.07, 6.45) is 6.26. The topological polar surface area (TPSA) is 61.0 Å². The summed E-state index contributed by atoms with van der Waals surface area (Å²) in [6, 6.07) is 0. The number of amides is 1. The van der Waals surface area contributed by atoms with E-state index in [1.54, 1.807) is 6.20 Å². The highest BCUT2D eigenvalue weighted by molar-refractivity contribution is 5.95. The third kappa shape index (κ3) is 2.14. The number of carbonyl (C=O) groups excluding carboxylic acids is 1. The van der Waals surface area contributed by atoms with Crippen molar-refractivity contribution in [1.29, 1.82) is 0 Å². The van der Waals surface area contributed by atoms with Gasteiger partial charge in [0.2, 0.25) is 0 Å². The first-order chi connectivity index (χ1) is 8.86. The number of hydrogen-bond donors (Lipinski definition) is 2. The van der Waals surface area contributed by atoms with Crippen LogP contribution in [0.15, 0.2) is 6.20 Å². The van der Waals surface area contributed by atoms with Gasteiger partial charge < -0.3 is 10.2 Å². The molecule has 0 saturated carbocycles. The lowest BCUT2D eigenvalue weighted by atomic mass is 9.93. The van der Waals surface area contributed by atoms with Crippen LogP contribution in [-0.2, 0) is 0 Å². The molecular formula is C13H20N4O. The molecule has 2 aliphatic rings. The van der Waals surface area contributed by atoms with Crippen LogP contribution < -0.4 is 5.32 Å². The zero-order valence-corrected chi connectivity index (χ0v) is 10.6. The van der Waals surface area contributed by atoms with Crippen molar-refractivity contribution in [1.82, 2.24) is 20.4 Å². The molecular weight excluding hydrogens is 228 g/mol. The van der Waals surface area contributed by atoms with Crippen LogP contribution in [0.4, 0.5) is 0 Å². The van der Waals surface area contributed by atoms with Crippen LogP contribution in [0.1, 0.15) is 47.7 Å². The minimum absolute atomic E-state index is 0.154. The number of aromatic amines is 1. The summed E-state index contributed by atoms with van der Waals surface area (Å²) in [5.41, 5.74) is 1.81. The lowest BCUT2D eigenvalue weighted by Crippen LogP contribution is -2.32. The molecule has 5 nitrogen and oxygen atoms in total. The predicted molar refractivity (Wildman–Crippen MR) is 68.6 cm³/mol. The third-order valence-electron chi connectivity index (χ3n) is 4.00. The molecule has 18 heavy (non-hydrogen) atoms. The van der Waals surface area contributed by atoms with Gasteiger partial charge in [0.25, 0.3) is 5.91 Å². The second-order valence-corrected chi connectivity index (χ2v) is 5.24. The first kappa shape index (κ1) is 11.7. The van der Waals surface area contributed by atoms with Crippen LogP contribution in [0, 0.1) is 0 Å². The Bertz CT molecular complexity index is 416. The Kier molecular flexibility index (Phi) is 3.32. The Labute approximate surface area is 107 Å². The molecule has 1 aromatic rings. The molecule has 2 fully saturated rings. The highest BCUT2D eigenvalue weighted by Gasteiger charge is 2.27. The standard InChI is InChI=1S/C13H20N4O/c18-13(17-6-1-2-7-17)11-9-15-16-12(11)10-4-3-5-14-8-10/h9-10,14H,1-8H2,(H,15,16)/t10-/m0/s1. The molecule has 0 bridgehead atoms. The number of likely N-dealkylation sites (tertiary alicyclic amines) is 1. The van der Waals surface area contributed by atoms with E-state index in [9.17, 15) is 4.79 Å². The van der Waals surface area contributed by atoms with Gasteiger partial charge in [-0.05, 0) is 32.2 Å². The number of aromatic nitrogens is 2. The second kappa shape index (κ2) is 5.10. The second-order valence-electron chi connectivity index (χ2n) is 5.24. The molecule has 1 aromatic heterocycles. The van der Waals surface area contributed by atoms with E-state index in [0.717, 1.165) is 56.7 Å². The van der Waals surface area contributed by atoms with E-state index in [-0.39, 0.29) is 5.91 Å². The van der Waals surface area contributed by atoms with E-state index in [1.165, 1.54) is 6.42 Å². The van der Waals surface area contributed by atoms with Crippen molar-refractivity contribution in [3.8, 4) is 0 Å². The molecule has 0 spiro atoms. The van der Waals surface area contributed by atoms with Gasteiger partial charge in [0.15, 0.2) is 0 Å². The molecule has 0 radical (unpaired) electrons. The largest absolute Gasteiger partial charge is 0.339 e. The van der Waals surface area contributed by atoms with Crippen molar-refractivity contribution in [3.05, 3.63) is 17.5 Å². The van der Waals surface area contributed by atoms with Gasteiger partial charge in [-0.25, -0.2) is 0 Å². The summed E-state index contributed by atoms with van der Waals surface area (Å²) >= 11 is 0. The fraction of sp³-hybridized carbons (Fsp3) is 0.692. The number of H-pyrrole nitrogens is 1. The summed E-state index contributed by atoms with van der Waals surface area (Å²) in [6.45, 7) is 3.82. The van der Waals surface area contributed by atoms with Gasteiger partial charge in [-0.2, -0.15) is 5.10 Å². The normalized spacial score (nSPS) is 24.4. The minimum atomic E-state index is 0.154. The number of rotatable bonds is 2. The maximum absolute atomic E-state index is 12.4. The molecule has 2 N–H and O–H groups in total. The van der Waals surface area contributed by atoms with Crippen molar-refractivity contribution in [2.45, 2.75) is 31.6 Å². The minimum Gasteiger partial charge on any atom is -0.339 e. The van der Waals surface area contributed by atoms with E-state index in [0.29, 0.717) is 5.92 Å². The van der Waals surface area contributed by atoms with Gasteiger partial charge in [0.05, 0.1) is 17.5 Å². The van der Waals surface area contributed by atoms with Crippen LogP contribution >= 0.6 is 0 Å². The molecule has 3 rings (SSSR count). The highest BCUT2D eigenvalue weighted by Crippen LogP contribution is 2.25. The van der Waals surface area contributed by atoms with Gasteiger partial charge in [-0.15, -0.1) is 0 Å². The summed E-state index contributed by atoms with van der Waals surface area (Å²) in [4.78, 5) is 14.4. The van der Waals surface area contributed by atoms with Crippen LogP contribution in [0.3, 0.4) is 0 Å². The lowest BCUT2D eigenvalue weighted by Gasteiger charge is -2.23. The lowest BCUT2D eigenvalue weighted by molar-refractivity contribution is 0.0791. The molecule has 2 saturated heterocycles. The number of nitrogens with zero attached hydrogens (tertiary/aromatic N) is 2. The van der Waals surface area contributed by atoms with Gasteiger partial charge >= 0.3 is 0 Å². The zero-order chi connectivity index (χ0) is 12.4. The molecule has 0 unspecified atom stereocenters. The van der Waals surface area contributed by atoms with Crippen molar-refractivity contribution in [3.63, 3.8) is 0 Å². The zero-order valence-electron chi connectivity index (χ0n) is 10.6. The first-order valence-electron chi connectivity index (χ1n) is 6.89. The summed E-state index contributed by atoms with van der Waals surface area (Å²) < 4.78 is 0. The summed E-state index contributed by atoms with van der Waals surface area (Å²) in [5.74, 6) is 0.560. The smallest absolute Gasteiger partial charge is 0.257 e. The third-order valence-corrected chi connectivity index (χ3v) is 4.00. The summed E-state index contributed by atoms with van der Waals surface area (Å²) in [5, 5.41) is 10.5. The van der Waals surface area contributed by atoms with Gasteiger partial charge in [0.1, 0.15) is 0 Å². The first-order valence-corrected chi connectivity index (χ1v) is 6.89. The van der Waals surface area contributed by atoms with E-state index < -0.39 is 0 Å². The van der Waals surface area contributed by atoms with Crippen molar-refractivity contribution >= 4 is 5.91 Å². The molecule has 2 aliphatic heterocycles. The van der Waals surface area contributed by atoms with Crippen molar-refractivity contribution in [2.75, 3.05) is 26.2 Å². The number of hydrogen-bond acceptors (Lipinski definition) is 3. The Morgan fingerprint density at radius 3 is 2.89 bits per heavy atom. The van der Waals surface area contributed by atoms with E-state index in [1.807, 2.05) is 4.90 Å². The van der Waals surface area contributed by atoms with Gasteiger partial charge in [0, 0.05) is 25.6 Å². The average molecular weight is 248 g/mol. The Morgan fingerprint density at radius 2 is 2.17 bits per heavy atom. The van der Waals surface area contributed by atoms with E-state index in [2.05, 4.69) is 15.5 Å². The molecule has 1 amide bonds. The molecule has 5 heteroatoms. The molecule has 1 atom stereocenters. The van der Waals surface area contributed by atoms with Crippen LogP contribution in [0.25, 0.3) is 0 Å². The number of nitrogens with one attached hydrogen (secondary N) is 2. The monoisotopic (exact) mass is 248 g/mol. The Morgan fingerprint density at radius 1 is 1.33 bits per heavy atom. The number of piperidine rings is 1. The van der Waals surface area contributed by atoms with Gasteiger partial charge in [-0.1, -0.05) is 0 Å². The molecule has 0 aromatic carbocycles.